The Labute approximate surface area is 207 Å². The third-order valence-electron chi connectivity index (χ3n) is 7.98. The third-order valence-corrected chi connectivity index (χ3v) is 7.98. The Morgan fingerprint density at radius 1 is 1.11 bits per heavy atom. The van der Waals surface area contributed by atoms with E-state index in [1.807, 2.05) is 24.3 Å². The van der Waals surface area contributed by atoms with Gasteiger partial charge in [-0.15, -0.1) is 5.10 Å². The van der Waals surface area contributed by atoms with Gasteiger partial charge in [-0.05, 0) is 66.1 Å². The molecule has 2 heterocycles. The summed E-state index contributed by atoms with van der Waals surface area (Å²) in [5.41, 5.74) is 1.57. The molecule has 2 aliphatic rings. The molecule has 0 aliphatic heterocycles. The number of fused-ring (bicyclic) bond motifs is 1. The topological polar surface area (TPSA) is 88.9 Å². The smallest absolute Gasteiger partial charge is 0.252 e. The molecule has 1 aromatic carbocycles. The highest BCUT2D eigenvalue weighted by molar-refractivity contribution is 5.80. The van der Waals surface area contributed by atoms with Crippen LogP contribution in [0.5, 0.6) is 5.75 Å². The van der Waals surface area contributed by atoms with Gasteiger partial charge in [0.25, 0.3) is 5.56 Å². The van der Waals surface area contributed by atoms with Gasteiger partial charge in [0.15, 0.2) is 5.82 Å². The fourth-order valence-corrected chi connectivity index (χ4v) is 6.12. The number of nitrogens with one attached hydrogen (secondary N) is 1. The molecule has 2 aliphatic carbocycles. The molecule has 1 N–H and O–H groups in total. The Kier molecular flexibility index (Phi) is 7.46. The standard InChI is InChI=1S/C27H38N6O2/c1-3-9-25(26-29-30-31-33(26)22-12-5-4-6-13-22)32(21-10-7-8-11-21)18-20-16-19-14-15-23(35-2)17-24(19)28-27(20)34/h14-17,21-22,25H,3-13,18H2,1-2H3,(H,28,34)/t25-/m0/s1. The first-order chi connectivity index (χ1) is 17.2. The SMILES string of the molecule is CCC[C@@H](c1nnnn1C1CCCCC1)N(Cc1cc2ccc(OC)cc2[nH]c1=O)C1CCCC1. The van der Waals surface area contributed by atoms with Gasteiger partial charge in [-0.1, -0.05) is 45.4 Å². The van der Waals surface area contributed by atoms with Crippen molar-refractivity contribution in [2.75, 3.05) is 7.11 Å². The Morgan fingerprint density at radius 3 is 2.63 bits per heavy atom. The van der Waals surface area contributed by atoms with E-state index in [0.29, 0.717) is 18.6 Å². The summed E-state index contributed by atoms with van der Waals surface area (Å²) in [5.74, 6) is 1.72. The molecule has 1 atom stereocenters. The molecular formula is C27H38N6O2. The zero-order chi connectivity index (χ0) is 24.2. The first-order valence-electron chi connectivity index (χ1n) is 13.4. The maximum atomic E-state index is 13.2. The van der Waals surface area contributed by atoms with Crippen LogP contribution in [0.2, 0.25) is 0 Å². The molecule has 188 valence electrons. The normalized spacial score (nSPS) is 18.5. The third kappa shape index (κ3) is 5.13. The van der Waals surface area contributed by atoms with Crippen molar-refractivity contribution < 1.29 is 4.74 Å². The first-order valence-corrected chi connectivity index (χ1v) is 13.4. The monoisotopic (exact) mass is 478 g/mol. The second-order valence-electron chi connectivity index (χ2n) is 10.3. The second kappa shape index (κ2) is 10.9. The number of methoxy groups -OCH3 is 1. The zero-order valence-corrected chi connectivity index (χ0v) is 21.1. The zero-order valence-electron chi connectivity index (χ0n) is 21.1. The van der Waals surface area contributed by atoms with Crippen molar-refractivity contribution in [2.45, 2.75) is 102 Å². The van der Waals surface area contributed by atoms with Crippen molar-refractivity contribution in [2.24, 2.45) is 0 Å². The van der Waals surface area contributed by atoms with E-state index >= 15 is 0 Å². The van der Waals surface area contributed by atoms with E-state index in [1.54, 1.807) is 7.11 Å². The van der Waals surface area contributed by atoms with Crippen molar-refractivity contribution in [3.63, 3.8) is 0 Å². The lowest BCUT2D eigenvalue weighted by Crippen LogP contribution is -2.39. The minimum atomic E-state index is -0.0316. The van der Waals surface area contributed by atoms with Crippen molar-refractivity contribution in [3.8, 4) is 5.75 Å². The molecule has 2 fully saturated rings. The number of rotatable bonds is 9. The molecule has 2 saturated carbocycles. The highest BCUT2D eigenvalue weighted by Gasteiger charge is 2.34. The van der Waals surface area contributed by atoms with Gasteiger partial charge in [-0.25, -0.2) is 4.68 Å². The average Bonchev–Trinajstić information content (AvgIpc) is 3.59. The summed E-state index contributed by atoms with van der Waals surface area (Å²) in [7, 11) is 1.64. The van der Waals surface area contributed by atoms with Crippen LogP contribution in [0.1, 0.15) is 101 Å². The number of H-pyrrole nitrogens is 1. The van der Waals surface area contributed by atoms with E-state index in [4.69, 9.17) is 4.74 Å². The largest absolute Gasteiger partial charge is 0.497 e. The molecule has 2 aromatic heterocycles. The Morgan fingerprint density at radius 2 is 1.89 bits per heavy atom. The van der Waals surface area contributed by atoms with Gasteiger partial charge >= 0.3 is 0 Å². The van der Waals surface area contributed by atoms with Gasteiger partial charge in [-0.2, -0.15) is 0 Å². The van der Waals surface area contributed by atoms with Crippen LogP contribution in [-0.4, -0.2) is 43.2 Å². The summed E-state index contributed by atoms with van der Waals surface area (Å²) in [5, 5.41) is 14.2. The molecule has 8 nitrogen and oxygen atoms in total. The van der Waals surface area contributed by atoms with E-state index in [1.165, 1.54) is 32.1 Å². The number of tetrazole rings is 1. The van der Waals surface area contributed by atoms with Crippen LogP contribution in [0.25, 0.3) is 10.9 Å². The van der Waals surface area contributed by atoms with Gasteiger partial charge in [0.1, 0.15) is 5.75 Å². The molecule has 0 spiro atoms. The molecule has 0 amide bonds. The number of aromatic nitrogens is 5. The quantitative estimate of drug-likeness (QED) is 0.448. The van der Waals surface area contributed by atoms with E-state index in [-0.39, 0.29) is 11.6 Å². The summed E-state index contributed by atoms with van der Waals surface area (Å²) in [6.07, 6.45) is 12.9. The van der Waals surface area contributed by atoms with Gasteiger partial charge < -0.3 is 9.72 Å². The molecule has 8 heteroatoms. The predicted octanol–water partition coefficient (Wildman–Crippen LogP) is 5.31. The average molecular weight is 479 g/mol. The summed E-state index contributed by atoms with van der Waals surface area (Å²) >= 11 is 0. The highest BCUT2D eigenvalue weighted by atomic mass is 16.5. The molecule has 0 saturated heterocycles. The summed E-state index contributed by atoms with van der Waals surface area (Å²) in [4.78, 5) is 18.8. The van der Waals surface area contributed by atoms with E-state index in [0.717, 1.165) is 66.6 Å². The van der Waals surface area contributed by atoms with Crippen molar-refractivity contribution in [1.29, 1.82) is 0 Å². The summed E-state index contributed by atoms with van der Waals surface area (Å²) < 4.78 is 7.46. The molecule has 3 aromatic rings. The molecule has 0 unspecified atom stereocenters. The number of hydrogen-bond acceptors (Lipinski definition) is 6. The number of aromatic amines is 1. The van der Waals surface area contributed by atoms with E-state index in [2.05, 4.69) is 37.0 Å². The lowest BCUT2D eigenvalue weighted by molar-refractivity contribution is 0.105. The maximum Gasteiger partial charge on any atom is 0.252 e. The van der Waals surface area contributed by atoms with Crippen LogP contribution in [-0.2, 0) is 6.54 Å². The second-order valence-corrected chi connectivity index (χ2v) is 10.3. The molecule has 5 rings (SSSR count). The van der Waals surface area contributed by atoms with Crippen molar-refractivity contribution in [3.05, 3.63) is 46.0 Å². The molecule has 0 bridgehead atoms. The number of benzene rings is 1. The van der Waals surface area contributed by atoms with Gasteiger partial charge in [0.2, 0.25) is 0 Å². The number of hydrogen-bond donors (Lipinski definition) is 1. The number of pyridine rings is 1. The number of nitrogens with zero attached hydrogens (tertiary/aromatic N) is 5. The Balaban J connectivity index is 1.51. The van der Waals surface area contributed by atoms with Crippen LogP contribution in [0.4, 0.5) is 0 Å². The van der Waals surface area contributed by atoms with Crippen LogP contribution >= 0.6 is 0 Å². The summed E-state index contributed by atoms with van der Waals surface area (Å²) in [6, 6.07) is 8.81. The Bertz CT molecular complexity index is 1180. The summed E-state index contributed by atoms with van der Waals surface area (Å²) in [6.45, 7) is 2.83. The van der Waals surface area contributed by atoms with Gasteiger partial charge in [-0.3, -0.25) is 9.69 Å². The number of ether oxygens (including phenoxy) is 1. The lowest BCUT2D eigenvalue weighted by Gasteiger charge is -2.36. The van der Waals surface area contributed by atoms with Gasteiger partial charge in [0, 0.05) is 24.2 Å². The maximum absolute atomic E-state index is 13.2. The highest BCUT2D eigenvalue weighted by Crippen LogP contribution is 2.37. The predicted molar refractivity (Wildman–Crippen MR) is 137 cm³/mol. The fraction of sp³-hybridized carbons (Fsp3) is 0.630. The van der Waals surface area contributed by atoms with Crippen LogP contribution in [0, 0.1) is 0 Å². The van der Waals surface area contributed by atoms with Crippen LogP contribution < -0.4 is 10.3 Å². The van der Waals surface area contributed by atoms with E-state index in [9.17, 15) is 4.79 Å². The van der Waals surface area contributed by atoms with Crippen LogP contribution in [0.3, 0.4) is 0 Å². The Hall–Kier alpha value is -2.74. The van der Waals surface area contributed by atoms with Gasteiger partial charge in [0.05, 0.1) is 24.7 Å². The van der Waals surface area contributed by atoms with Crippen molar-refractivity contribution >= 4 is 10.9 Å². The fourth-order valence-electron chi connectivity index (χ4n) is 6.12. The minimum absolute atomic E-state index is 0.0316. The minimum Gasteiger partial charge on any atom is -0.497 e. The molecular weight excluding hydrogens is 440 g/mol. The van der Waals surface area contributed by atoms with Crippen molar-refractivity contribution in [1.82, 2.24) is 30.1 Å². The molecule has 35 heavy (non-hydrogen) atoms. The molecule has 0 radical (unpaired) electrons. The van der Waals surface area contributed by atoms with E-state index < -0.39 is 0 Å². The van der Waals surface area contributed by atoms with Crippen LogP contribution in [0.15, 0.2) is 29.1 Å². The lowest BCUT2D eigenvalue weighted by atomic mass is 9.95. The first kappa shape index (κ1) is 24.0.